The minimum Gasteiger partial charge on any atom is -0.310 e. The molecule has 0 N–H and O–H groups in total. The average Bonchev–Trinajstić information content (AvgIpc) is 3.90. The fraction of sp³-hybridized carbons (Fsp3) is 0.0317. The van der Waals surface area contributed by atoms with E-state index in [0.29, 0.717) is 5.56 Å². The van der Waals surface area contributed by atoms with Crippen molar-refractivity contribution in [1.29, 1.82) is 0 Å². The molecule has 4 nitrogen and oxygen atoms in total. The summed E-state index contributed by atoms with van der Waals surface area (Å²) in [7, 11) is 0. The van der Waals surface area contributed by atoms with Gasteiger partial charge < -0.3 is 14.0 Å². The Labute approximate surface area is 389 Å². The first kappa shape index (κ1) is 39.8. The third-order valence-corrected chi connectivity index (χ3v) is 13.3. The molecule has 318 valence electrons. The summed E-state index contributed by atoms with van der Waals surface area (Å²) in [5, 5.41) is 4.71. The smallest absolute Gasteiger partial charge is 0.159 e. The van der Waals surface area contributed by atoms with Crippen LogP contribution in [0.5, 0.6) is 0 Å². The molecule has 0 fully saturated rings. The van der Waals surface area contributed by atoms with Crippen LogP contribution in [-0.4, -0.2) is 14.9 Å². The summed E-state index contributed by atoms with van der Waals surface area (Å²) in [6, 6.07) is 84.9. The molecule has 4 heteroatoms. The molecule has 0 aliphatic heterocycles. The largest absolute Gasteiger partial charge is 0.310 e. The maximum absolute atomic E-state index is 12.2. The lowest BCUT2D eigenvalue weighted by molar-refractivity contribution is 0.101. The summed E-state index contributed by atoms with van der Waals surface area (Å²) < 4.78 is 4.68. The van der Waals surface area contributed by atoms with Gasteiger partial charge in [0, 0.05) is 55.5 Å². The van der Waals surface area contributed by atoms with E-state index in [0.717, 1.165) is 61.3 Å². The SMILES string of the molecule is CC(=O)c1ccc(-n2c3ccccc3c3cc(N(c4ccc(-c5ccc(-c6ccc(-c7ccccc7)cc6)cc5)cc4)c4ccc5c(c4)c4ccccc4n5-c4ccc(C)cc4)ccc32)cc1. The third kappa shape index (κ3) is 7.07. The van der Waals surface area contributed by atoms with E-state index in [1.165, 1.54) is 49.7 Å². The molecular formula is C63H45N3O. The predicted octanol–water partition coefficient (Wildman–Crippen LogP) is 16.9. The average molecular weight is 860 g/mol. The number of anilines is 3. The number of carbonyl (C=O) groups excluding carboxylic acids is 1. The Morgan fingerprint density at radius 3 is 1.15 bits per heavy atom. The number of aromatic nitrogens is 2. The lowest BCUT2D eigenvalue weighted by Gasteiger charge is -2.26. The molecule has 10 aromatic carbocycles. The molecule has 0 amide bonds. The van der Waals surface area contributed by atoms with Crippen molar-refractivity contribution in [3.63, 3.8) is 0 Å². The molecule has 0 saturated heterocycles. The van der Waals surface area contributed by atoms with Crippen LogP contribution in [0, 0.1) is 6.92 Å². The summed E-state index contributed by atoms with van der Waals surface area (Å²) in [5.74, 6) is 0.0587. The standard InChI is InChI=1S/C63H45N3O/c1-42-16-30-52(31-17-42)65-60-14-8-6-12-56(60)58-40-54(36-38-62(58)65)64(55-37-39-63-59(41-55)57-13-7-9-15-61(57)66(63)53-32-26-44(27-33-53)43(2)67)51-34-28-50(29-35-51)49-24-22-48(23-25-49)47-20-18-46(19-21-47)45-10-4-3-5-11-45/h3-41H,1-2H3. The van der Waals surface area contributed by atoms with Crippen molar-refractivity contribution in [2.75, 3.05) is 4.90 Å². The summed E-state index contributed by atoms with van der Waals surface area (Å²) in [6.07, 6.45) is 0. The second kappa shape index (κ2) is 16.4. The lowest BCUT2D eigenvalue weighted by Crippen LogP contribution is -2.10. The summed E-state index contributed by atoms with van der Waals surface area (Å²) in [5.41, 5.74) is 19.0. The molecule has 0 atom stereocenters. The van der Waals surface area contributed by atoms with Crippen molar-refractivity contribution in [3.05, 3.63) is 248 Å². The number of carbonyl (C=O) groups is 1. The van der Waals surface area contributed by atoms with Gasteiger partial charge in [-0.2, -0.15) is 0 Å². The van der Waals surface area contributed by atoms with Crippen molar-refractivity contribution < 1.29 is 4.79 Å². The Kier molecular flexibility index (Phi) is 9.73. The molecule has 0 saturated carbocycles. The minimum absolute atomic E-state index is 0.0587. The molecule has 0 aliphatic carbocycles. The van der Waals surface area contributed by atoms with E-state index >= 15 is 0 Å². The van der Waals surface area contributed by atoms with Gasteiger partial charge in [0.1, 0.15) is 0 Å². The van der Waals surface area contributed by atoms with Gasteiger partial charge in [0.05, 0.1) is 22.1 Å². The van der Waals surface area contributed by atoms with Crippen LogP contribution in [0.2, 0.25) is 0 Å². The van der Waals surface area contributed by atoms with E-state index in [4.69, 9.17) is 0 Å². The van der Waals surface area contributed by atoms with Gasteiger partial charge in [0.25, 0.3) is 0 Å². The van der Waals surface area contributed by atoms with Crippen LogP contribution in [0.4, 0.5) is 17.1 Å². The maximum Gasteiger partial charge on any atom is 0.159 e. The van der Waals surface area contributed by atoms with Crippen molar-refractivity contribution >= 4 is 66.5 Å². The van der Waals surface area contributed by atoms with E-state index in [-0.39, 0.29) is 5.78 Å². The fourth-order valence-corrected chi connectivity index (χ4v) is 9.89. The highest BCUT2D eigenvalue weighted by atomic mass is 16.1. The highest BCUT2D eigenvalue weighted by Gasteiger charge is 2.20. The number of Topliss-reactive ketones (excluding diaryl/α,β-unsaturated/α-hetero) is 1. The van der Waals surface area contributed by atoms with Crippen molar-refractivity contribution in [3.8, 4) is 44.8 Å². The normalized spacial score (nSPS) is 11.5. The zero-order chi connectivity index (χ0) is 45.0. The molecule has 0 spiro atoms. The highest BCUT2D eigenvalue weighted by Crippen LogP contribution is 2.43. The van der Waals surface area contributed by atoms with Gasteiger partial charge in [-0.15, -0.1) is 0 Å². The Morgan fingerprint density at radius 2 is 0.701 bits per heavy atom. The Morgan fingerprint density at radius 1 is 0.343 bits per heavy atom. The summed E-state index contributed by atoms with van der Waals surface area (Å²) in [4.78, 5) is 14.6. The van der Waals surface area contributed by atoms with E-state index in [1.54, 1.807) is 6.92 Å². The van der Waals surface area contributed by atoms with E-state index in [1.807, 2.05) is 24.3 Å². The van der Waals surface area contributed by atoms with Crippen LogP contribution >= 0.6 is 0 Å². The Bertz CT molecular complexity index is 3790. The summed E-state index contributed by atoms with van der Waals surface area (Å²) >= 11 is 0. The third-order valence-electron chi connectivity index (χ3n) is 13.3. The topological polar surface area (TPSA) is 30.2 Å². The number of hydrogen-bond acceptors (Lipinski definition) is 2. The second-order valence-corrected chi connectivity index (χ2v) is 17.4. The molecule has 2 aromatic heterocycles. The molecule has 0 bridgehead atoms. The van der Waals surface area contributed by atoms with Gasteiger partial charge >= 0.3 is 0 Å². The quantitative estimate of drug-likeness (QED) is 0.135. The molecule has 0 aliphatic rings. The second-order valence-electron chi connectivity index (χ2n) is 17.4. The van der Waals surface area contributed by atoms with Crippen LogP contribution < -0.4 is 4.90 Å². The Hall–Kier alpha value is -8.73. The zero-order valence-corrected chi connectivity index (χ0v) is 37.3. The first-order valence-corrected chi connectivity index (χ1v) is 22.9. The highest BCUT2D eigenvalue weighted by molar-refractivity contribution is 6.12. The van der Waals surface area contributed by atoms with Gasteiger partial charge in [-0.25, -0.2) is 0 Å². The van der Waals surface area contributed by atoms with Crippen molar-refractivity contribution in [2.24, 2.45) is 0 Å². The van der Waals surface area contributed by atoms with Crippen LogP contribution in [-0.2, 0) is 0 Å². The monoisotopic (exact) mass is 859 g/mol. The maximum atomic E-state index is 12.2. The van der Waals surface area contributed by atoms with E-state index in [2.05, 4.69) is 233 Å². The summed E-state index contributed by atoms with van der Waals surface area (Å²) in [6.45, 7) is 3.74. The predicted molar refractivity (Wildman–Crippen MR) is 281 cm³/mol. The van der Waals surface area contributed by atoms with Crippen molar-refractivity contribution in [1.82, 2.24) is 9.13 Å². The molecule has 2 heterocycles. The molecule has 0 radical (unpaired) electrons. The van der Waals surface area contributed by atoms with E-state index in [9.17, 15) is 4.79 Å². The van der Waals surface area contributed by atoms with Gasteiger partial charge in [-0.1, -0.05) is 145 Å². The van der Waals surface area contributed by atoms with Gasteiger partial charge in [-0.05, 0) is 144 Å². The Balaban J connectivity index is 0.968. The number of rotatable bonds is 9. The number of para-hydroxylation sites is 2. The van der Waals surface area contributed by atoms with Gasteiger partial charge in [-0.3, -0.25) is 4.79 Å². The number of aryl methyl sites for hydroxylation is 1. The minimum atomic E-state index is 0.0587. The number of fused-ring (bicyclic) bond motifs is 6. The number of ketones is 1. The molecule has 0 unspecified atom stereocenters. The number of benzene rings is 10. The molecular weight excluding hydrogens is 815 g/mol. The number of nitrogens with zero attached hydrogens (tertiary/aromatic N) is 3. The molecule has 67 heavy (non-hydrogen) atoms. The zero-order valence-electron chi connectivity index (χ0n) is 37.3. The number of hydrogen-bond donors (Lipinski definition) is 0. The van der Waals surface area contributed by atoms with Gasteiger partial charge in [0.2, 0.25) is 0 Å². The first-order valence-electron chi connectivity index (χ1n) is 22.9. The molecule has 12 rings (SSSR count). The van der Waals surface area contributed by atoms with E-state index < -0.39 is 0 Å². The van der Waals surface area contributed by atoms with Gasteiger partial charge in [0.15, 0.2) is 5.78 Å². The lowest BCUT2D eigenvalue weighted by atomic mass is 9.98. The van der Waals surface area contributed by atoms with Crippen LogP contribution in [0.1, 0.15) is 22.8 Å². The van der Waals surface area contributed by atoms with Crippen LogP contribution in [0.15, 0.2) is 237 Å². The van der Waals surface area contributed by atoms with Crippen molar-refractivity contribution in [2.45, 2.75) is 13.8 Å². The van der Waals surface area contributed by atoms with Crippen LogP contribution in [0.3, 0.4) is 0 Å². The first-order chi connectivity index (χ1) is 32.9. The fourth-order valence-electron chi connectivity index (χ4n) is 9.89. The van der Waals surface area contributed by atoms with Crippen LogP contribution in [0.25, 0.3) is 88.4 Å². The molecule has 12 aromatic rings.